The summed E-state index contributed by atoms with van der Waals surface area (Å²) < 4.78 is 0. The smallest absolute Gasteiger partial charge is 0.239 e. The fraction of sp³-hybridized carbons (Fsp3) is 0.833. The van der Waals surface area contributed by atoms with Gasteiger partial charge in [0.2, 0.25) is 11.8 Å². The first-order chi connectivity index (χ1) is 8.65. The van der Waals surface area contributed by atoms with Crippen LogP contribution in [0.15, 0.2) is 0 Å². The van der Waals surface area contributed by atoms with Crippen molar-refractivity contribution in [1.29, 1.82) is 0 Å². The van der Waals surface area contributed by atoms with Crippen LogP contribution < -0.4 is 5.32 Å². The highest BCUT2D eigenvalue weighted by molar-refractivity contribution is 8.00. The van der Waals surface area contributed by atoms with Crippen molar-refractivity contribution in [3.05, 3.63) is 0 Å². The molecule has 1 heterocycles. The highest BCUT2D eigenvalue weighted by Crippen LogP contribution is 2.23. The van der Waals surface area contributed by atoms with Crippen molar-refractivity contribution in [3.63, 3.8) is 0 Å². The van der Waals surface area contributed by atoms with Gasteiger partial charge in [-0.15, -0.1) is 11.8 Å². The second kappa shape index (κ2) is 6.43. The minimum Gasteiger partial charge on any atom is -0.393 e. The van der Waals surface area contributed by atoms with Crippen molar-refractivity contribution in [2.24, 2.45) is 5.92 Å². The molecule has 0 aromatic rings. The monoisotopic (exact) mass is 272 g/mol. The number of carbonyl (C=O) groups excluding carboxylic acids is 2. The Morgan fingerprint density at radius 2 is 2.11 bits per heavy atom. The van der Waals surface area contributed by atoms with Crippen LogP contribution in [0.2, 0.25) is 0 Å². The third-order valence-electron chi connectivity index (χ3n) is 3.56. The van der Waals surface area contributed by atoms with Crippen molar-refractivity contribution in [1.82, 2.24) is 10.2 Å². The Balaban J connectivity index is 1.64. The first-order valence-corrected chi connectivity index (χ1v) is 7.61. The molecular weight excluding hydrogens is 252 g/mol. The molecule has 0 atom stereocenters. The van der Waals surface area contributed by atoms with Crippen molar-refractivity contribution in [2.75, 3.05) is 24.7 Å². The van der Waals surface area contributed by atoms with Crippen LogP contribution in [-0.2, 0) is 9.59 Å². The van der Waals surface area contributed by atoms with E-state index >= 15 is 0 Å². The lowest BCUT2D eigenvalue weighted by Crippen LogP contribution is -2.40. The van der Waals surface area contributed by atoms with E-state index in [2.05, 4.69) is 5.32 Å². The Morgan fingerprint density at radius 3 is 2.72 bits per heavy atom. The van der Waals surface area contributed by atoms with Crippen LogP contribution >= 0.6 is 11.8 Å². The molecule has 2 N–H and O–H groups in total. The predicted octanol–water partition coefficient (Wildman–Crippen LogP) is 0.187. The second-order valence-corrected chi connectivity index (χ2v) is 6.00. The van der Waals surface area contributed by atoms with Gasteiger partial charge in [-0.3, -0.25) is 9.59 Å². The third kappa shape index (κ3) is 3.88. The fourth-order valence-electron chi connectivity index (χ4n) is 2.38. The summed E-state index contributed by atoms with van der Waals surface area (Å²) in [5.74, 6) is 1.57. The summed E-state index contributed by atoms with van der Waals surface area (Å²) >= 11 is 1.55. The number of aliphatic hydroxyl groups is 1. The van der Waals surface area contributed by atoms with Crippen LogP contribution in [0, 0.1) is 5.92 Å². The van der Waals surface area contributed by atoms with E-state index in [0.717, 1.165) is 25.7 Å². The zero-order chi connectivity index (χ0) is 13.0. The molecule has 1 aliphatic heterocycles. The number of hydrogen-bond donors (Lipinski definition) is 2. The Bertz CT molecular complexity index is 316. The van der Waals surface area contributed by atoms with E-state index in [-0.39, 0.29) is 24.5 Å². The lowest BCUT2D eigenvalue weighted by Gasteiger charge is -2.25. The molecule has 2 amide bonds. The summed E-state index contributed by atoms with van der Waals surface area (Å²) in [7, 11) is 0. The predicted molar refractivity (Wildman–Crippen MR) is 70.0 cm³/mol. The van der Waals surface area contributed by atoms with Crippen LogP contribution in [0.4, 0.5) is 0 Å². The maximum atomic E-state index is 11.7. The van der Waals surface area contributed by atoms with E-state index in [1.54, 1.807) is 16.7 Å². The summed E-state index contributed by atoms with van der Waals surface area (Å²) in [6.45, 7) is 0.849. The van der Waals surface area contributed by atoms with Gasteiger partial charge >= 0.3 is 0 Å². The van der Waals surface area contributed by atoms with Crippen LogP contribution in [-0.4, -0.2) is 52.6 Å². The topological polar surface area (TPSA) is 69.6 Å². The minimum absolute atomic E-state index is 0.0518. The molecular formula is C12H20N2O3S. The van der Waals surface area contributed by atoms with E-state index in [9.17, 15) is 14.7 Å². The minimum atomic E-state index is -0.156. The Labute approximate surface area is 111 Å². The number of amides is 2. The summed E-state index contributed by atoms with van der Waals surface area (Å²) in [6.07, 6.45) is 3.46. The Hall–Kier alpha value is -0.750. The van der Waals surface area contributed by atoms with Gasteiger partial charge in [-0.2, -0.15) is 0 Å². The highest BCUT2D eigenvalue weighted by atomic mass is 32.2. The fourth-order valence-corrected chi connectivity index (χ4v) is 3.28. The van der Waals surface area contributed by atoms with Crippen molar-refractivity contribution in [2.45, 2.75) is 31.8 Å². The van der Waals surface area contributed by atoms with Gasteiger partial charge in [0.15, 0.2) is 0 Å². The molecule has 0 bridgehead atoms. The lowest BCUT2D eigenvalue weighted by molar-refractivity contribution is -0.132. The molecule has 0 aromatic heterocycles. The average Bonchev–Trinajstić information content (AvgIpc) is 2.74. The molecule has 6 heteroatoms. The van der Waals surface area contributed by atoms with Crippen molar-refractivity contribution in [3.8, 4) is 0 Å². The number of nitrogens with zero attached hydrogens (tertiary/aromatic N) is 1. The van der Waals surface area contributed by atoms with E-state index in [1.807, 2.05) is 0 Å². The van der Waals surface area contributed by atoms with E-state index < -0.39 is 0 Å². The highest BCUT2D eigenvalue weighted by Gasteiger charge is 2.24. The SMILES string of the molecule is O=C(CN1CSCC1=O)NCC1CCC(O)CC1. The zero-order valence-corrected chi connectivity index (χ0v) is 11.2. The molecule has 0 radical (unpaired) electrons. The van der Waals surface area contributed by atoms with E-state index in [0.29, 0.717) is 24.1 Å². The summed E-state index contributed by atoms with van der Waals surface area (Å²) in [4.78, 5) is 24.6. The number of carbonyl (C=O) groups is 2. The van der Waals surface area contributed by atoms with E-state index in [4.69, 9.17) is 0 Å². The number of hydrogen-bond acceptors (Lipinski definition) is 4. The molecule has 0 spiro atoms. The first-order valence-electron chi connectivity index (χ1n) is 6.45. The average molecular weight is 272 g/mol. The van der Waals surface area contributed by atoms with Gasteiger partial charge in [-0.25, -0.2) is 0 Å². The molecule has 5 nitrogen and oxygen atoms in total. The van der Waals surface area contributed by atoms with Gasteiger partial charge in [-0.1, -0.05) is 0 Å². The van der Waals surface area contributed by atoms with Gasteiger partial charge in [-0.05, 0) is 31.6 Å². The quantitative estimate of drug-likeness (QED) is 0.766. The Kier molecular flexibility index (Phi) is 4.88. The number of rotatable bonds is 4. The number of nitrogens with one attached hydrogen (secondary N) is 1. The zero-order valence-electron chi connectivity index (χ0n) is 10.4. The third-order valence-corrected chi connectivity index (χ3v) is 4.51. The van der Waals surface area contributed by atoms with Crippen molar-refractivity contribution >= 4 is 23.6 Å². The molecule has 2 aliphatic rings. The first kappa shape index (κ1) is 13.7. The molecule has 2 fully saturated rings. The molecule has 102 valence electrons. The Morgan fingerprint density at radius 1 is 1.39 bits per heavy atom. The van der Waals surface area contributed by atoms with Crippen LogP contribution in [0.1, 0.15) is 25.7 Å². The largest absolute Gasteiger partial charge is 0.393 e. The maximum absolute atomic E-state index is 11.7. The van der Waals surface area contributed by atoms with Gasteiger partial charge < -0.3 is 15.3 Å². The van der Waals surface area contributed by atoms with E-state index in [1.165, 1.54) is 0 Å². The molecule has 1 saturated carbocycles. The van der Waals surface area contributed by atoms with Gasteiger partial charge in [0.25, 0.3) is 0 Å². The summed E-state index contributed by atoms with van der Waals surface area (Å²) in [5, 5.41) is 12.3. The van der Waals surface area contributed by atoms with Crippen LogP contribution in [0.5, 0.6) is 0 Å². The number of thioether (sulfide) groups is 1. The normalized spacial score (nSPS) is 28.5. The second-order valence-electron chi connectivity index (χ2n) is 5.05. The molecule has 0 unspecified atom stereocenters. The summed E-state index contributed by atoms with van der Waals surface area (Å²) in [6, 6.07) is 0. The van der Waals surface area contributed by atoms with Gasteiger partial charge in [0.1, 0.15) is 6.54 Å². The van der Waals surface area contributed by atoms with Crippen LogP contribution in [0.25, 0.3) is 0 Å². The summed E-state index contributed by atoms with van der Waals surface area (Å²) in [5.41, 5.74) is 0. The molecule has 2 rings (SSSR count). The van der Waals surface area contributed by atoms with Crippen LogP contribution in [0.3, 0.4) is 0 Å². The molecule has 1 aliphatic carbocycles. The van der Waals surface area contributed by atoms with Crippen molar-refractivity contribution < 1.29 is 14.7 Å². The number of aliphatic hydroxyl groups excluding tert-OH is 1. The molecule has 0 aromatic carbocycles. The van der Waals surface area contributed by atoms with Gasteiger partial charge in [0.05, 0.1) is 17.7 Å². The molecule has 18 heavy (non-hydrogen) atoms. The lowest BCUT2D eigenvalue weighted by atomic mass is 9.87. The maximum Gasteiger partial charge on any atom is 0.239 e. The standard InChI is InChI=1S/C12H20N2O3S/c15-10-3-1-9(2-4-10)5-13-11(16)6-14-8-18-7-12(14)17/h9-10,15H,1-8H2,(H,13,16). The van der Waals surface area contributed by atoms with Gasteiger partial charge in [0, 0.05) is 6.54 Å². The molecule has 1 saturated heterocycles.